The van der Waals surface area contributed by atoms with E-state index in [4.69, 9.17) is 11.6 Å². The maximum absolute atomic E-state index is 6.08. The number of benzene rings is 1. The van der Waals surface area contributed by atoms with Gasteiger partial charge in [0.1, 0.15) is 0 Å². The van der Waals surface area contributed by atoms with Crippen molar-refractivity contribution in [1.82, 2.24) is 9.88 Å². The molecule has 0 bridgehead atoms. The highest BCUT2D eigenvalue weighted by molar-refractivity contribution is 6.31. The Morgan fingerprint density at radius 1 is 1.39 bits per heavy atom. The Morgan fingerprint density at radius 2 is 2.17 bits per heavy atom. The Kier molecular flexibility index (Phi) is 3.08. The largest absolute Gasteiger partial charge is 0.348 e. The van der Waals surface area contributed by atoms with Crippen molar-refractivity contribution >= 4 is 22.5 Å². The Bertz CT molecular complexity index is 582. The maximum atomic E-state index is 6.08. The number of hydrogen-bond donors (Lipinski definition) is 1. The van der Waals surface area contributed by atoms with Crippen LogP contribution in [0, 0.1) is 6.92 Å². The quantitative estimate of drug-likeness (QED) is 0.893. The van der Waals surface area contributed by atoms with Crippen LogP contribution in [0.15, 0.2) is 18.2 Å². The second kappa shape index (κ2) is 4.60. The van der Waals surface area contributed by atoms with Crippen molar-refractivity contribution < 1.29 is 0 Å². The third kappa shape index (κ3) is 2.15. The van der Waals surface area contributed by atoms with Gasteiger partial charge in [-0.25, -0.2) is 0 Å². The fourth-order valence-electron chi connectivity index (χ4n) is 2.62. The van der Waals surface area contributed by atoms with Crippen LogP contribution in [-0.2, 0) is 13.5 Å². The monoisotopic (exact) mass is 262 g/mol. The first-order valence-electron chi connectivity index (χ1n) is 6.63. The Hall–Kier alpha value is -0.990. The molecule has 1 N–H and O–H groups in total. The third-order valence-electron chi connectivity index (χ3n) is 3.97. The molecule has 1 aromatic heterocycles. The van der Waals surface area contributed by atoms with E-state index in [1.807, 2.05) is 6.07 Å². The van der Waals surface area contributed by atoms with Gasteiger partial charge in [-0.2, -0.15) is 0 Å². The van der Waals surface area contributed by atoms with E-state index in [2.05, 4.69) is 36.0 Å². The van der Waals surface area contributed by atoms with Gasteiger partial charge in [0.15, 0.2) is 0 Å². The zero-order chi connectivity index (χ0) is 12.7. The van der Waals surface area contributed by atoms with E-state index in [1.54, 1.807) is 0 Å². The first-order valence-corrected chi connectivity index (χ1v) is 7.01. The standard InChI is InChI=1S/C15H19ClN2/c1-10-13(7-8-17-12-4-5-12)14-6-3-11(16)9-15(14)18(10)2/h3,6,9,12,17H,4-5,7-8H2,1-2H3. The number of nitrogens with zero attached hydrogens (tertiary/aromatic N) is 1. The molecule has 1 aliphatic rings. The van der Waals surface area contributed by atoms with Crippen LogP contribution in [0.25, 0.3) is 10.9 Å². The average molecular weight is 263 g/mol. The van der Waals surface area contributed by atoms with Crippen molar-refractivity contribution in [3.05, 3.63) is 34.5 Å². The summed E-state index contributed by atoms with van der Waals surface area (Å²) in [5, 5.41) is 5.74. The molecule has 0 saturated heterocycles. The van der Waals surface area contributed by atoms with E-state index in [-0.39, 0.29) is 0 Å². The molecule has 1 aliphatic carbocycles. The van der Waals surface area contributed by atoms with Gasteiger partial charge < -0.3 is 9.88 Å². The molecule has 0 unspecified atom stereocenters. The lowest BCUT2D eigenvalue weighted by atomic mass is 10.1. The topological polar surface area (TPSA) is 17.0 Å². The predicted octanol–water partition coefficient (Wildman–Crippen LogP) is 3.43. The number of fused-ring (bicyclic) bond motifs is 1. The van der Waals surface area contributed by atoms with Crippen molar-refractivity contribution in [2.24, 2.45) is 7.05 Å². The minimum atomic E-state index is 0.787. The van der Waals surface area contributed by atoms with E-state index in [0.29, 0.717) is 0 Å². The lowest BCUT2D eigenvalue weighted by Gasteiger charge is -2.04. The van der Waals surface area contributed by atoms with Crippen molar-refractivity contribution in [2.75, 3.05) is 6.54 Å². The van der Waals surface area contributed by atoms with E-state index in [9.17, 15) is 0 Å². The lowest BCUT2D eigenvalue weighted by molar-refractivity contribution is 0.680. The van der Waals surface area contributed by atoms with Crippen LogP contribution < -0.4 is 5.32 Å². The van der Waals surface area contributed by atoms with Crippen LogP contribution in [0.3, 0.4) is 0 Å². The summed E-state index contributed by atoms with van der Waals surface area (Å²) in [6.45, 7) is 3.27. The smallest absolute Gasteiger partial charge is 0.0497 e. The fraction of sp³-hybridized carbons (Fsp3) is 0.467. The Labute approximate surface area is 113 Å². The van der Waals surface area contributed by atoms with Gasteiger partial charge in [0, 0.05) is 34.7 Å². The van der Waals surface area contributed by atoms with E-state index in [1.165, 1.54) is 35.0 Å². The first kappa shape index (κ1) is 12.1. The summed E-state index contributed by atoms with van der Waals surface area (Å²) in [6, 6.07) is 6.98. The second-order valence-electron chi connectivity index (χ2n) is 5.26. The van der Waals surface area contributed by atoms with Gasteiger partial charge in [-0.1, -0.05) is 17.7 Å². The minimum absolute atomic E-state index is 0.787. The zero-order valence-corrected chi connectivity index (χ0v) is 11.7. The van der Waals surface area contributed by atoms with E-state index >= 15 is 0 Å². The Morgan fingerprint density at radius 3 is 2.89 bits per heavy atom. The molecule has 0 radical (unpaired) electrons. The summed E-state index contributed by atoms with van der Waals surface area (Å²) >= 11 is 6.08. The first-order chi connectivity index (χ1) is 8.66. The molecule has 0 amide bonds. The summed E-state index contributed by atoms with van der Waals surface area (Å²) in [6.07, 6.45) is 3.80. The molecule has 1 heterocycles. The molecular formula is C15H19ClN2. The normalized spacial score (nSPS) is 15.5. The summed E-state index contributed by atoms with van der Waals surface area (Å²) in [5.41, 5.74) is 4.05. The molecule has 18 heavy (non-hydrogen) atoms. The van der Waals surface area contributed by atoms with E-state index < -0.39 is 0 Å². The summed E-state index contributed by atoms with van der Waals surface area (Å²) in [4.78, 5) is 0. The van der Waals surface area contributed by atoms with Gasteiger partial charge in [0.2, 0.25) is 0 Å². The Balaban J connectivity index is 1.91. The molecule has 96 valence electrons. The highest BCUT2D eigenvalue weighted by Gasteiger charge is 2.20. The van der Waals surface area contributed by atoms with Gasteiger partial charge in [-0.3, -0.25) is 0 Å². The van der Waals surface area contributed by atoms with Crippen molar-refractivity contribution in [1.29, 1.82) is 0 Å². The molecule has 0 atom stereocenters. The van der Waals surface area contributed by atoms with Crippen LogP contribution in [-0.4, -0.2) is 17.2 Å². The van der Waals surface area contributed by atoms with Gasteiger partial charge in [0.25, 0.3) is 0 Å². The summed E-state index contributed by atoms with van der Waals surface area (Å²) < 4.78 is 2.24. The highest BCUT2D eigenvalue weighted by atomic mass is 35.5. The van der Waals surface area contributed by atoms with Crippen LogP contribution in [0.1, 0.15) is 24.1 Å². The van der Waals surface area contributed by atoms with Crippen LogP contribution in [0.2, 0.25) is 5.02 Å². The molecule has 2 nitrogen and oxygen atoms in total. The van der Waals surface area contributed by atoms with Crippen molar-refractivity contribution in [3.63, 3.8) is 0 Å². The number of nitrogens with one attached hydrogen (secondary N) is 1. The average Bonchev–Trinajstić information content (AvgIpc) is 3.14. The number of aromatic nitrogens is 1. The maximum Gasteiger partial charge on any atom is 0.0497 e. The molecule has 2 aromatic rings. The molecule has 1 fully saturated rings. The number of rotatable bonds is 4. The zero-order valence-electron chi connectivity index (χ0n) is 11.0. The number of halogens is 1. The molecule has 3 rings (SSSR count). The van der Waals surface area contributed by atoms with Crippen molar-refractivity contribution in [2.45, 2.75) is 32.2 Å². The van der Waals surface area contributed by atoms with Gasteiger partial charge in [-0.15, -0.1) is 0 Å². The lowest BCUT2D eigenvalue weighted by Crippen LogP contribution is -2.19. The number of hydrogen-bond acceptors (Lipinski definition) is 1. The van der Waals surface area contributed by atoms with E-state index in [0.717, 1.165) is 24.0 Å². The second-order valence-corrected chi connectivity index (χ2v) is 5.70. The third-order valence-corrected chi connectivity index (χ3v) is 4.21. The van der Waals surface area contributed by atoms with Crippen LogP contribution in [0.5, 0.6) is 0 Å². The molecule has 1 saturated carbocycles. The summed E-state index contributed by atoms with van der Waals surface area (Å²) in [7, 11) is 2.12. The fourth-order valence-corrected chi connectivity index (χ4v) is 2.79. The molecule has 0 aliphatic heterocycles. The number of aryl methyl sites for hydroxylation is 1. The van der Waals surface area contributed by atoms with Gasteiger partial charge >= 0.3 is 0 Å². The van der Waals surface area contributed by atoms with Gasteiger partial charge in [0.05, 0.1) is 0 Å². The SMILES string of the molecule is Cc1c(CCNC2CC2)c2ccc(Cl)cc2n1C. The van der Waals surface area contributed by atoms with Crippen LogP contribution in [0.4, 0.5) is 0 Å². The minimum Gasteiger partial charge on any atom is -0.348 e. The summed E-state index contributed by atoms with van der Waals surface area (Å²) in [5.74, 6) is 0. The molecule has 3 heteroatoms. The predicted molar refractivity (Wildman–Crippen MR) is 77.4 cm³/mol. The van der Waals surface area contributed by atoms with Gasteiger partial charge in [-0.05, 0) is 50.4 Å². The highest BCUT2D eigenvalue weighted by Crippen LogP contribution is 2.28. The van der Waals surface area contributed by atoms with Crippen molar-refractivity contribution in [3.8, 4) is 0 Å². The molecule has 1 aromatic carbocycles. The molecular weight excluding hydrogens is 244 g/mol. The van der Waals surface area contributed by atoms with Crippen LogP contribution >= 0.6 is 11.6 Å². The molecule has 0 spiro atoms.